The molecule has 2 atom stereocenters. The molecule has 1 fully saturated rings. The van der Waals surface area contributed by atoms with E-state index in [-0.39, 0.29) is 12.1 Å². The van der Waals surface area contributed by atoms with E-state index in [1.807, 2.05) is 25.7 Å². The van der Waals surface area contributed by atoms with Crippen LogP contribution in [0.4, 0.5) is 4.79 Å². The molecule has 0 radical (unpaired) electrons. The van der Waals surface area contributed by atoms with Crippen LogP contribution in [0.2, 0.25) is 0 Å². The standard InChI is InChI=1S/C13H26N2O2/c1-5-10-6-7-11(8-14)15(9-10)12(16)17-13(2,3)4/h10-11H,5-9,14H2,1-4H3/t10-,11-/m0/s1. The first-order valence-corrected chi connectivity index (χ1v) is 6.57. The first-order valence-electron chi connectivity index (χ1n) is 6.57. The van der Waals surface area contributed by atoms with Crippen LogP contribution in [0.1, 0.15) is 47.0 Å². The molecule has 17 heavy (non-hydrogen) atoms. The Kier molecular flexibility index (Phi) is 4.80. The summed E-state index contributed by atoms with van der Waals surface area (Å²) in [5.74, 6) is 0.588. The molecule has 1 aliphatic rings. The van der Waals surface area contributed by atoms with Crippen molar-refractivity contribution in [1.29, 1.82) is 0 Å². The largest absolute Gasteiger partial charge is 0.444 e. The van der Waals surface area contributed by atoms with Crippen LogP contribution in [0.5, 0.6) is 0 Å². The highest BCUT2D eigenvalue weighted by Gasteiger charge is 2.32. The topological polar surface area (TPSA) is 55.6 Å². The van der Waals surface area contributed by atoms with Gasteiger partial charge in [-0.25, -0.2) is 4.79 Å². The summed E-state index contributed by atoms with van der Waals surface area (Å²) in [7, 11) is 0. The lowest BCUT2D eigenvalue weighted by atomic mass is 9.91. The van der Waals surface area contributed by atoms with Crippen molar-refractivity contribution >= 4 is 6.09 Å². The van der Waals surface area contributed by atoms with Gasteiger partial charge >= 0.3 is 6.09 Å². The molecule has 100 valence electrons. The summed E-state index contributed by atoms with van der Waals surface area (Å²) >= 11 is 0. The molecular weight excluding hydrogens is 216 g/mol. The zero-order valence-electron chi connectivity index (χ0n) is 11.5. The molecule has 0 saturated carbocycles. The van der Waals surface area contributed by atoms with Gasteiger partial charge in [-0.05, 0) is 39.5 Å². The maximum Gasteiger partial charge on any atom is 0.410 e. The van der Waals surface area contributed by atoms with E-state index in [0.717, 1.165) is 25.8 Å². The highest BCUT2D eigenvalue weighted by molar-refractivity contribution is 5.68. The molecule has 4 nitrogen and oxygen atoms in total. The van der Waals surface area contributed by atoms with Crippen molar-refractivity contribution in [2.24, 2.45) is 11.7 Å². The summed E-state index contributed by atoms with van der Waals surface area (Å²) in [4.78, 5) is 13.9. The van der Waals surface area contributed by atoms with Gasteiger partial charge in [0.25, 0.3) is 0 Å². The number of rotatable bonds is 2. The van der Waals surface area contributed by atoms with Crippen LogP contribution in [0.25, 0.3) is 0 Å². The third-order valence-electron chi connectivity index (χ3n) is 3.28. The predicted octanol–water partition coefficient (Wildman–Crippen LogP) is 2.37. The number of nitrogens with zero attached hydrogens (tertiary/aromatic N) is 1. The number of hydrogen-bond donors (Lipinski definition) is 1. The fraction of sp³-hybridized carbons (Fsp3) is 0.923. The van der Waals surface area contributed by atoms with Gasteiger partial charge in [0, 0.05) is 19.1 Å². The lowest BCUT2D eigenvalue weighted by molar-refractivity contribution is 0.00386. The minimum absolute atomic E-state index is 0.146. The van der Waals surface area contributed by atoms with Gasteiger partial charge < -0.3 is 15.4 Å². The Morgan fingerprint density at radius 1 is 1.41 bits per heavy atom. The molecule has 0 aliphatic carbocycles. The van der Waals surface area contributed by atoms with Crippen molar-refractivity contribution in [2.45, 2.75) is 58.6 Å². The Morgan fingerprint density at radius 2 is 2.06 bits per heavy atom. The number of hydrogen-bond acceptors (Lipinski definition) is 3. The van der Waals surface area contributed by atoms with Gasteiger partial charge in [-0.2, -0.15) is 0 Å². The fourth-order valence-corrected chi connectivity index (χ4v) is 2.22. The molecule has 2 N–H and O–H groups in total. The third kappa shape index (κ3) is 4.19. The molecule has 0 aromatic heterocycles. The van der Waals surface area contributed by atoms with E-state index in [2.05, 4.69) is 6.92 Å². The minimum atomic E-state index is -0.435. The normalized spacial score (nSPS) is 25.8. The number of likely N-dealkylation sites (tertiary alicyclic amines) is 1. The zero-order chi connectivity index (χ0) is 13.1. The first-order chi connectivity index (χ1) is 7.87. The molecule has 4 heteroatoms. The minimum Gasteiger partial charge on any atom is -0.444 e. The van der Waals surface area contributed by atoms with Crippen LogP contribution in [-0.2, 0) is 4.74 Å². The summed E-state index contributed by atoms with van der Waals surface area (Å²) in [6, 6.07) is 0.146. The van der Waals surface area contributed by atoms with Crippen LogP contribution < -0.4 is 5.73 Å². The maximum atomic E-state index is 12.1. The molecule has 0 aromatic rings. The van der Waals surface area contributed by atoms with Gasteiger partial charge in [0.05, 0.1) is 0 Å². The molecule has 1 aliphatic heterocycles. The first kappa shape index (κ1) is 14.3. The van der Waals surface area contributed by atoms with E-state index >= 15 is 0 Å². The van der Waals surface area contributed by atoms with Crippen LogP contribution in [0.15, 0.2) is 0 Å². The lowest BCUT2D eigenvalue weighted by Crippen LogP contribution is -2.51. The van der Waals surface area contributed by atoms with Crippen molar-refractivity contribution < 1.29 is 9.53 Å². The number of amides is 1. The van der Waals surface area contributed by atoms with Gasteiger partial charge in [-0.1, -0.05) is 13.3 Å². The molecule has 0 unspecified atom stereocenters. The van der Waals surface area contributed by atoms with Gasteiger partial charge in [-0.3, -0.25) is 0 Å². The van der Waals surface area contributed by atoms with Crippen LogP contribution in [0, 0.1) is 5.92 Å². The average Bonchev–Trinajstić information content (AvgIpc) is 2.25. The Balaban J connectivity index is 2.66. The molecule has 1 saturated heterocycles. The van der Waals surface area contributed by atoms with Crippen molar-refractivity contribution in [2.75, 3.05) is 13.1 Å². The van der Waals surface area contributed by atoms with Crippen LogP contribution >= 0.6 is 0 Å². The Hall–Kier alpha value is -0.770. The highest BCUT2D eigenvalue weighted by Crippen LogP contribution is 2.25. The molecule has 0 bridgehead atoms. The molecule has 0 spiro atoms. The van der Waals surface area contributed by atoms with Crippen molar-refractivity contribution in [3.63, 3.8) is 0 Å². The molecule has 1 heterocycles. The van der Waals surface area contributed by atoms with E-state index in [1.54, 1.807) is 0 Å². The SMILES string of the molecule is CC[C@H]1CC[C@@H](CN)N(C(=O)OC(C)(C)C)C1. The number of ether oxygens (including phenoxy) is 1. The Labute approximate surface area is 104 Å². The summed E-state index contributed by atoms with van der Waals surface area (Å²) in [5, 5.41) is 0. The van der Waals surface area contributed by atoms with E-state index in [9.17, 15) is 4.79 Å². The van der Waals surface area contributed by atoms with Crippen molar-refractivity contribution in [3.8, 4) is 0 Å². The number of piperidine rings is 1. The second kappa shape index (κ2) is 5.71. The summed E-state index contributed by atoms with van der Waals surface area (Å²) in [6.45, 7) is 9.15. The van der Waals surface area contributed by atoms with Gasteiger partial charge in [0.15, 0.2) is 0 Å². The quantitative estimate of drug-likeness (QED) is 0.808. The van der Waals surface area contributed by atoms with Crippen molar-refractivity contribution in [1.82, 2.24) is 4.90 Å². The maximum absolute atomic E-state index is 12.1. The average molecular weight is 242 g/mol. The predicted molar refractivity (Wildman–Crippen MR) is 68.8 cm³/mol. The summed E-state index contributed by atoms with van der Waals surface area (Å²) < 4.78 is 5.43. The number of carbonyl (C=O) groups excluding carboxylic acids is 1. The highest BCUT2D eigenvalue weighted by atomic mass is 16.6. The van der Waals surface area contributed by atoms with Gasteiger partial charge in [0.1, 0.15) is 5.60 Å². The summed E-state index contributed by atoms with van der Waals surface area (Å²) in [6.07, 6.45) is 3.05. The number of carbonyl (C=O) groups is 1. The summed E-state index contributed by atoms with van der Waals surface area (Å²) in [5.41, 5.74) is 5.30. The van der Waals surface area contributed by atoms with Gasteiger partial charge in [0.2, 0.25) is 0 Å². The van der Waals surface area contributed by atoms with Crippen LogP contribution in [0.3, 0.4) is 0 Å². The van der Waals surface area contributed by atoms with E-state index in [4.69, 9.17) is 10.5 Å². The van der Waals surface area contributed by atoms with Crippen LogP contribution in [-0.4, -0.2) is 35.7 Å². The third-order valence-corrected chi connectivity index (χ3v) is 3.28. The second-order valence-electron chi connectivity index (χ2n) is 5.87. The number of nitrogens with two attached hydrogens (primary N) is 1. The molecule has 1 amide bonds. The zero-order valence-corrected chi connectivity index (χ0v) is 11.5. The second-order valence-corrected chi connectivity index (χ2v) is 5.87. The van der Waals surface area contributed by atoms with E-state index in [0.29, 0.717) is 12.5 Å². The van der Waals surface area contributed by atoms with Gasteiger partial charge in [-0.15, -0.1) is 0 Å². The van der Waals surface area contributed by atoms with Crippen molar-refractivity contribution in [3.05, 3.63) is 0 Å². The monoisotopic (exact) mass is 242 g/mol. The smallest absolute Gasteiger partial charge is 0.410 e. The van der Waals surface area contributed by atoms with E-state index in [1.165, 1.54) is 0 Å². The van der Waals surface area contributed by atoms with E-state index < -0.39 is 5.60 Å². The lowest BCUT2D eigenvalue weighted by Gasteiger charge is -2.39. The Bertz CT molecular complexity index is 261. The molecule has 0 aromatic carbocycles. The fourth-order valence-electron chi connectivity index (χ4n) is 2.22. The Morgan fingerprint density at radius 3 is 2.53 bits per heavy atom. The molecular formula is C13H26N2O2. The molecule has 1 rings (SSSR count).